The summed E-state index contributed by atoms with van der Waals surface area (Å²) in [7, 11) is 1.52. The predicted octanol–water partition coefficient (Wildman–Crippen LogP) is 1.43. The maximum Gasteiger partial charge on any atom is 0.356 e. The molecule has 0 aliphatic heterocycles. The van der Waals surface area contributed by atoms with Crippen LogP contribution in [-0.4, -0.2) is 28.2 Å². The first-order valence-electron chi connectivity index (χ1n) is 5.12. The van der Waals surface area contributed by atoms with Gasteiger partial charge in [0.15, 0.2) is 11.5 Å². The molecule has 0 radical (unpaired) electrons. The summed E-state index contributed by atoms with van der Waals surface area (Å²) in [5.74, 6) is -0.358. The molecule has 1 aromatic heterocycles. The van der Waals surface area contributed by atoms with Crippen LogP contribution in [0, 0.1) is 0 Å². The number of carbonyl (C=O) groups is 1. The minimum atomic E-state index is -1.19. The van der Waals surface area contributed by atoms with E-state index in [0.29, 0.717) is 11.3 Å². The molecular formula is C12H11N3O3. The van der Waals surface area contributed by atoms with Crippen molar-refractivity contribution in [1.82, 2.24) is 9.97 Å². The Kier molecular flexibility index (Phi) is 3.09. The van der Waals surface area contributed by atoms with Crippen molar-refractivity contribution in [1.29, 1.82) is 0 Å². The Labute approximate surface area is 103 Å². The van der Waals surface area contributed by atoms with Crippen LogP contribution < -0.4 is 10.5 Å². The lowest BCUT2D eigenvalue weighted by Gasteiger charge is -2.08. The predicted molar refractivity (Wildman–Crippen MR) is 65.4 cm³/mol. The Morgan fingerprint density at radius 3 is 2.78 bits per heavy atom. The lowest BCUT2D eigenvalue weighted by Crippen LogP contribution is -2.08. The van der Waals surface area contributed by atoms with Crippen LogP contribution in [0.5, 0.6) is 5.75 Å². The first kappa shape index (κ1) is 11.8. The fraction of sp³-hybridized carbons (Fsp3) is 0.0833. The smallest absolute Gasteiger partial charge is 0.356 e. The lowest BCUT2D eigenvalue weighted by molar-refractivity contribution is 0.0691. The molecule has 0 unspecified atom stereocenters. The van der Waals surface area contributed by atoms with Crippen LogP contribution in [0.4, 0.5) is 5.69 Å². The van der Waals surface area contributed by atoms with E-state index in [1.54, 1.807) is 24.3 Å². The summed E-state index contributed by atoms with van der Waals surface area (Å²) in [6, 6.07) is 7.08. The first-order chi connectivity index (χ1) is 8.63. The number of aromatic carboxylic acids is 1. The summed E-state index contributed by atoms with van der Waals surface area (Å²) in [5, 5.41) is 8.96. The Bertz CT molecular complexity index is 599. The number of anilines is 1. The molecule has 1 heterocycles. The quantitative estimate of drug-likeness (QED) is 0.848. The van der Waals surface area contributed by atoms with Gasteiger partial charge < -0.3 is 15.6 Å². The maximum atomic E-state index is 11.0. The van der Waals surface area contributed by atoms with Gasteiger partial charge in [0.1, 0.15) is 5.75 Å². The van der Waals surface area contributed by atoms with Gasteiger partial charge in [-0.15, -0.1) is 0 Å². The third-order valence-corrected chi connectivity index (χ3v) is 2.37. The number of nitrogens with two attached hydrogens (primary N) is 1. The number of ether oxygens (including phenoxy) is 1. The molecule has 0 spiro atoms. The van der Waals surface area contributed by atoms with Crippen LogP contribution >= 0.6 is 0 Å². The van der Waals surface area contributed by atoms with Gasteiger partial charge in [-0.2, -0.15) is 0 Å². The zero-order valence-corrected chi connectivity index (χ0v) is 9.62. The van der Waals surface area contributed by atoms with Gasteiger partial charge in [0.2, 0.25) is 0 Å². The van der Waals surface area contributed by atoms with Gasteiger partial charge in [0.05, 0.1) is 24.6 Å². The highest BCUT2D eigenvalue weighted by atomic mass is 16.5. The Morgan fingerprint density at radius 1 is 1.39 bits per heavy atom. The van der Waals surface area contributed by atoms with Gasteiger partial charge in [0, 0.05) is 0 Å². The molecule has 0 fully saturated rings. The largest absolute Gasteiger partial charge is 0.496 e. The van der Waals surface area contributed by atoms with E-state index in [4.69, 9.17) is 15.6 Å². The third-order valence-electron chi connectivity index (χ3n) is 2.37. The van der Waals surface area contributed by atoms with E-state index in [9.17, 15) is 4.79 Å². The topological polar surface area (TPSA) is 98.3 Å². The molecule has 0 bridgehead atoms. The van der Waals surface area contributed by atoms with Crippen molar-refractivity contribution in [2.45, 2.75) is 0 Å². The number of hydrogen-bond donors (Lipinski definition) is 2. The summed E-state index contributed by atoms with van der Waals surface area (Å²) >= 11 is 0. The number of para-hydroxylation sites is 1. The third kappa shape index (κ3) is 2.08. The monoisotopic (exact) mass is 245 g/mol. The fourth-order valence-corrected chi connectivity index (χ4v) is 1.52. The Hall–Kier alpha value is -2.63. The van der Waals surface area contributed by atoms with Crippen LogP contribution in [0.2, 0.25) is 0 Å². The summed E-state index contributed by atoms with van der Waals surface area (Å²) < 4.78 is 5.17. The highest BCUT2D eigenvalue weighted by molar-refractivity contribution is 5.91. The lowest BCUT2D eigenvalue weighted by atomic mass is 10.2. The molecule has 0 aliphatic rings. The number of nitrogens with zero attached hydrogens (tertiary/aromatic N) is 2. The molecule has 0 atom stereocenters. The number of rotatable bonds is 3. The summed E-state index contributed by atoms with van der Waals surface area (Å²) in [6.07, 6.45) is 1.28. The van der Waals surface area contributed by atoms with Gasteiger partial charge in [-0.25, -0.2) is 14.8 Å². The number of hydrogen-bond acceptors (Lipinski definition) is 5. The van der Waals surface area contributed by atoms with Gasteiger partial charge >= 0.3 is 5.97 Å². The van der Waals surface area contributed by atoms with Crippen molar-refractivity contribution in [3.8, 4) is 17.1 Å². The molecule has 1 aromatic carbocycles. The highest BCUT2D eigenvalue weighted by Crippen LogP contribution is 2.27. The van der Waals surface area contributed by atoms with Gasteiger partial charge in [-0.1, -0.05) is 12.1 Å². The molecule has 0 saturated heterocycles. The molecule has 0 saturated carbocycles. The molecule has 18 heavy (non-hydrogen) atoms. The number of aromatic nitrogens is 2. The van der Waals surface area contributed by atoms with Crippen molar-refractivity contribution in [3.63, 3.8) is 0 Å². The molecule has 92 valence electrons. The number of nitrogen functional groups attached to an aromatic ring is 1. The molecule has 0 amide bonds. The van der Waals surface area contributed by atoms with E-state index in [-0.39, 0.29) is 17.2 Å². The van der Waals surface area contributed by atoms with E-state index in [0.717, 1.165) is 0 Å². The van der Waals surface area contributed by atoms with Crippen LogP contribution in [0.3, 0.4) is 0 Å². The summed E-state index contributed by atoms with van der Waals surface area (Å²) in [6.45, 7) is 0. The zero-order chi connectivity index (χ0) is 13.1. The number of methoxy groups -OCH3 is 1. The van der Waals surface area contributed by atoms with E-state index in [1.807, 2.05) is 0 Å². The molecule has 6 heteroatoms. The van der Waals surface area contributed by atoms with Crippen LogP contribution in [0.25, 0.3) is 11.4 Å². The molecule has 3 N–H and O–H groups in total. The van der Waals surface area contributed by atoms with Crippen molar-refractivity contribution in [3.05, 3.63) is 36.2 Å². The van der Waals surface area contributed by atoms with Crippen LogP contribution in [-0.2, 0) is 0 Å². The van der Waals surface area contributed by atoms with Crippen molar-refractivity contribution >= 4 is 11.7 Å². The summed E-state index contributed by atoms with van der Waals surface area (Å²) in [5.41, 5.74) is 5.93. The SMILES string of the molecule is COc1ccccc1-c1ncc(N)c(C(=O)O)n1. The van der Waals surface area contributed by atoms with Crippen molar-refractivity contribution in [2.24, 2.45) is 0 Å². The van der Waals surface area contributed by atoms with Crippen LogP contribution in [0.1, 0.15) is 10.5 Å². The molecule has 0 aliphatic carbocycles. The van der Waals surface area contributed by atoms with Gasteiger partial charge in [-0.05, 0) is 12.1 Å². The van der Waals surface area contributed by atoms with Gasteiger partial charge in [-0.3, -0.25) is 0 Å². The summed E-state index contributed by atoms with van der Waals surface area (Å²) in [4.78, 5) is 18.9. The van der Waals surface area contributed by atoms with E-state index >= 15 is 0 Å². The maximum absolute atomic E-state index is 11.0. The number of carboxylic acids is 1. The first-order valence-corrected chi connectivity index (χ1v) is 5.12. The van der Waals surface area contributed by atoms with E-state index in [2.05, 4.69) is 9.97 Å². The average Bonchev–Trinajstić information content (AvgIpc) is 2.39. The molecule has 2 rings (SSSR count). The Morgan fingerprint density at radius 2 is 2.11 bits per heavy atom. The van der Waals surface area contributed by atoms with Crippen LogP contribution in [0.15, 0.2) is 30.5 Å². The zero-order valence-electron chi connectivity index (χ0n) is 9.62. The normalized spacial score (nSPS) is 10.1. The average molecular weight is 245 g/mol. The fourth-order valence-electron chi connectivity index (χ4n) is 1.52. The van der Waals surface area contributed by atoms with Crippen molar-refractivity contribution < 1.29 is 14.6 Å². The molecular weight excluding hydrogens is 234 g/mol. The minimum Gasteiger partial charge on any atom is -0.496 e. The van der Waals surface area contributed by atoms with Gasteiger partial charge in [0.25, 0.3) is 0 Å². The second kappa shape index (κ2) is 4.70. The second-order valence-electron chi connectivity index (χ2n) is 3.50. The minimum absolute atomic E-state index is 0.0288. The van der Waals surface area contributed by atoms with Crippen molar-refractivity contribution in [2.75, 3.05) is 12.8 Å². The van der Waals surface area contributed by atoms with E-state index < -0.39 is 5.97 Å². The Balaban J connectivity index is 2.58. The molecule has 6 nitrogen and oxygen atoms in total. The molecule has 2 aromatic rings. The standard InChI is InChI=1S/C12H11N3O3/c1-18-9-5-3-2-4-7(9)11-14-6-8(13)10(15-11)12(16)17/h2-6H,13H2,1H3,(H,16,17). The van der Waals surface area contributed by atoms with E-state index in [1.165, 1.54) is 13.3 Å². The number of benzene rings is 1. The second-order valence-corrected chi connectivity index (χ2v) is 3.50. The highest BCUT2D eigenvalue weighted by Gasteiger charge is 2.14. The number of carboxylic acid groups (broad SMARTS) is 1.